The van der Waals surface area contributed by atoms with Gasteiger partial charge in [-0.25, -0.2) is 0 Å². The number of nitrogens with zero attached hydrogens (tertiary/aromatic N) is 2. The average molecular weight is 199 g/mol. The van der Waals surface area contributed by atoms with Gasteiger partial charge in [0.25, 0.3) is 0 Å². The first-order valence-corrected chi connectivity index (χ1v) is 5.22. The Kier molecular flexibility index (Phi) is 3.89. The maximum Gasteiger partial charge on any atom is 0.234 e. The Morgan fingerprint density at radius 2 is 2.00 bits per heavy atom. The van der Waals surface area contributed by atoms with Gasteiger partial charge in [0.1, 0.15) is 0 Å². The van der Waals surface area contributed by atoms with Gasteiger partial charge >= 0.3 is 0 Å². The van der Waals surface area contributed by atoms with Crippen molar-refractivity contribution in [3.8, 4) is 0 Å². The molecule has 0 spiro atoms. The molecule has 14 heavy (non-hydrogen) atoms. The van der Waals surface area contributed by atoms with Crippen LogP contribution in [0.2, 0.25) is 0 Å². The molecule has 1 unspecified atom stereocenters. The molecule has 0 bridgehead atoms. The number of primary amides is 1. The van der Waals surface area contributed by atoms with Gasteiger partial charge < -0.3 is 10.6 Å². The second-order valence-electron chi connectivity index (χ2n) is 4.28. The fraction of sp³-hybridized carbons (Fsp3) is 0.900. The van der Waals surface area contributed by atoms with Gasteiger partial charge in [0, 0.05) is 6.04 Å². The fourth-order valence-corrected chi connectivity index (χ4v) is 1.92. The molecule has 1 rings (SSSR count). The lowest BCUT2D eigenvalue weighted by Crippen LogP contribution is -2.49. The molecule has 0 aliphatic carbocycles. The number of hydrogen-bond acceptors (Lipinski definition) is 3. The zero-order chi connectivity index (χ0) is 10.7. The van der Waals surface area contributed by atoms with Crippen LogP contribution in [0.3, 0.4) is 0 Å². The van der Waals surface area contributed by atoms with Crippen LogP contribution in [0.4, 0.5) is 0 Å². The van der Waals surface area contributed by atoms with Crippen LogP contribution in [0.1, 0.15) is 19.8 Å². The number of nitrogens with two attached hydrogens (primary N) is 1. The summed E-state index contributed by atoms with van der Waals surface area (Å²) in [5.74, 6) is -0.230. The third kappa shape index (κ3) is 2.69. The molecule has 0 aromatic rings. The van der Waals surface area contributed by atoms with E-state index in [1.807, 2.05) is 14.0 Å². The van der Waals surface area contributed by atoms with E-state index in [2.05, 4.69) is 16.8 Å². The van der Waals surface area contributed by atoms with Crippen molar-refractivity contribution in [1.82, 2.24) is 9.80 Å². The molecule has 4 nitrogen and oxygen atoms in total. The highest BCUT2D eigenvalue weighted by atomic mass is 16.1. The van der Waals surface area contributed by atoms with Crippen molar-refractivity contribution in [3.63, 3.8) is 0 Å². The van der Waals surface area contributed by atoms with Gasteiger partial charge in [-0.05, 0) is 47.0 Å². The average Bonchev–Trinajstić information content (AvgIpc) is 2.16. The third-order valence-corrected chi connectivity index (χ3v) is 3.29. The summed E-state index contributed by atoms with van der Waals surface area (Å²) in [5.41, 5.74) is 5.28. The molecule has 1 aliphatic rings. The van der Waals surface area contributed by atoms with Crippen LogP contribution in [-0.2, 0) is 4.79 Å². The molecular formula is C10H21N3O. The maximum atomic E-state index is 11.0. The summed E-state index contributed by atoms with van der Waals surface area (Å²) in [4.78, 5) is 15.4. The van der Waals surface area contributed by atoms with Crippen molar-refractivity contribution in [2.24, 2.45) is 5.73 Å². The highest BCUT2D eigenvalue weighted by molar-refractivity contribution is 5.79. The molecule has 0 saturated carbocycles. The van der Waals surface area contributed by atoms with E-state index in [1.165, 1.54) is 0 Å². The van der Waals surface area contributed by atoms with Crippen molar-refractivity contribution in [2.75, 3.05) is 27.2 Å². The van der Waals surface area contributed by atoms with E-state index < -0.39 is 0 Å². The molecule has 0 aromatic carbocycles. The third-order valence-electron chi connectivity index (χ3n) is 3.29. The number of hydrogen-bond donors (Lipinski definition) is 1. The summed E-state index contributed by atoms with van der Waals surface area (Å²) < 4.78 is 0. The SMILES string of the molecule is CC(C(N)=O)N(C)C1CCN(C)CC1. The quantitative estimate of drug-likeness (QED) is 0.690. The molecule has 1 saturated heterocycles. The smallest absolute Gasteiger partial charge is 0.234 e. The number of amides is 1. The van der Waals surface area contributed by atoms with E-state index in [0.29, 0.717) is 6.04 Å². The van der Waals surface area contributed by atoms with Crippen LogP contribution in [-0.4, -0.2) is 55.0 Å². The van der Waals surface area contributed by atoms with Gasteiger partial charge in [0.2, 0.25) is 5.91 Å². The van der Waals surface area contributed by atoms with Crippen LogP contribution in [0.25, 0.3) is 0 Å². The number of likely N-dealkylation sites (N-methyl/N-ethyl adjacent to an activating group) is 1. The Bertz CT molecular complexity index is 200. The Labute approximate surface area is 86.0 Å². The number of carbonyl (C=O) groups is 1. The normalized spacial score (nSPS) is 22.6. The van der Waals surface area contributed by atoms with E-state index in [0.717, 1.165) is 25.9 Å². The van der Waals surface area contributed by atoms with Crippen molar-refractivity contribution in [3.05, 3.63) is 0 Å². The van der Waals surface area contributed by atoms with Crippen molar-refractivity contribution in [2.45, 2.75) is 31.8 Å². The van der Waals surface area contributed by atoms with Crippen molar-refractivity contribution < 1.29 is 4.79 Å². The molecule has 1 heterocycles. The van der Waals surface area contributed by atoms with E-state index >= 15 is 0 Å². The minimum absolute atomic E-state index is 0.150. The zero-order valence-electron chi connectivity index (χ0n) is 9.36. The first kappa shape index (κ1) is 11.5. The van der Waals surface area contributed by atoms with Gasteiger partial charge in [-0.3, -0.25) is 9.69 Å². The molecular weight excluding hydrogens is 178 g/mol. The Hall–Kier alpha value is -0.610. The fourth-order valence-electron chi connectivity index (χ4n) is 1.92. The monoisotopic (exact) mass is 199 g/mol. The largest absolute Gasteiger partial charge is 0.368 e. The molecule has 1 atom stereocenters. The number of rotatable bonds is 3. The minimum Gasteiger partial charge on any atom is -0.368 e. The molecule has 0 radical (unpaired) electrons. The Morgan fingerprint density at radius 3 is 2.43 bits per heavy atom. The molecule has 82 valence electrons. The van der Waals surface area contributed by atoms with Crippen molar-refractivity contribution in [1.29, 1.82) is 0 Å². The molecule has 2 N–H and O–H groups in total. The second kappa shape index (κ2) is 4.75. The summed E-state index contributed by atoms with van der Waals surface area (Å²) in [6, 6.07) is 0.358. The molecule has 0 aromatic heterocycles. The number of likely N-dealkylation sites (tertiary alicyclic amines) is 1. The van der Waals surface area contributed by atoms with Gasteiger partial charge in [-0.1, -0.05) is 0 Å². The van der Waals surface area contributed by atoms with E-state index in [9.17, 15) is 4.79 Å². The summed E-state index contributed by atoms with van der Waals surface area (Å²) in [6.45, 7) is 4.10. The number of carbonyl (C=O) groups excluding carboxylic acids is 1. The predicted molar refractivity (Wildman–Crippen MR) is 56.9 cm³/mol. The maximum absolute atomic E-state index is 11.0. The van der Waals surface area contributed by atoms with Crippen LogP contribution in [0.15, 0.2) is 0 Å². The summed E-state index contributed by atoms with van der Waals surface area (Å²) >= 11 is 0. The molecule has 1 amide bonds. The lowest BCUT2D eigenvalue weighted by atomic mass is 10.0. The summed E-state index contributed by atoms with van der Waals surface area (Å²) in [5, 5.41) is 0. The number of piperidine rings is 1. The van der Waals surface area contributed by atoms with Crippen LogP contribution in [0, 0.1) is 0 Å². The highest BCUT2D eigenvalue weighted by Crippen LogP contribution is 2.15. The molecule has 4 heteroatoms. The first-order chi connectivity index (χ1) is 6.52. The standard InChI is InChI=1S/C10H21N3O/c1-8(10(11)14)13(3)9-4-6-12(2)7-5-9/h8-9H,4-7H2,1-3H3,(H2,11,14). The Balaban J connectivity index is 2.45. The predicted octanol–water partition coefficient (Wildman–Crippen LogP) is -0.114. The van der Waals surface area contributed by atoms with Gasteiger partial charge in [-0.15, -0.1) is 0 Å². The lowest BCUT2D eigenvalue weighted by Gasteiger charge is -2.37. The van der Waals surface area contributed by atoms with Crippen molar-refractivity contribution >= 4 is 5.91 Å². The second-order valence-corrected chi connectivity index (χ2v) is 4.28. The summed E-state index contributed by atoms with van der Waals surface area (Å²) in [7, 11) is 4.12. The molecule has 1 fully saturated rings. The van der Waals surface area contributed by atoms with Gasteiger partial charge in [0.05, 0.1) is 6.04 Å². The Morgan fingerprint density at radius 1 is 1.50 bits per heavy atom. The molecule has 1 aliphatic heterocycles. The van der Waals surface area contributed by atoms with E-state index in [1.54, 1.807) is 0 Å². The lowest BCUT2D eigenvalue weighted by molar-refractivity contribution is -0.123. The van der Waals surface area contributed by atoms with Crippen LogP contribution < -0.4 is 5.73 Å². The zero-order valence-corrected chi connectivity index (χ0v) is 9.36. The topological polar surface area (TPSA) is 49.6 Å². The minimum atomic E-state index is -0.230. The van der Waals surface area contributed by atoms with E-state index in [-0.39, 0.29) is 11.9 Å². The van der Waals surface area contributed by atoms with E-state index in [4.69, 9.17) is 5.73 Å². The highest BCUT2D eigenvalue weighted by Gasteiger charge is 2.25. The van der Waals surface area contributed by atoms with Gasteiger partial charge in [0.15, 0.2) is 0 Å². The van der Waals surface area contributed by atoms with Crippen LogP contribution in [0.5, 0.6) is 0 Å². The summed E-state index contributed by atoms with van der Waals surface area (Å²) in [6.07, 6.45) is 2.26. The van der Waals surface area contributed by atoms with Crippen LogP contribution >= 0.6 is 0 Å². The van der Waals surface area contributed by atoms with Gasteiger partial charge in [-0.2, -0.15) is 0 Å². The first-order valence-electron chi connectivity index (χ1n) is 5.22.